The van der Waals surface area contributed by atoms with Crippen molar-refractivity contribution in [3.05, 3.63) is 103 Å². The third kappa shape index (κ3) is 5.29. The summed E-state index contributed by atoms with van der Waals surface area (Å²) in [6.07, 6.45) is 9.21. The molecule has 1 heterocycles. The van der Waals surface area contributed by atoms with Gasteiger partial charge >= 0.3 is 6.03 Å². The number of nitro groups is 1. The van der Waals surface area contributed by atoms with Crippen LogP contribution < -0.4 is 15.0 Å². The molecule has 1 aliphatic heterocycles. The number of hydrogen-bond donors (Lipinski definition) is 1. The molecule has 4 saturated carbocycles. The molecule has 4 amide bonds. The largest absolute Gasteiger partial charge is 0.488 e. The van der Waals surface area contributed by atoms with E-state index in [2.05, 4.69) is 40.0 Å². The maximum Gasteiger partial charge on any atom is 0.335 e. The zero-order valence-corrected chi connectivity index (χ0v) is 26.0. The van der Waals surface area contributed by atoms with E-state index in [1.165, 1.54) is 62.3 Å². The van der Waals surface area contributed by atoms with Gasteiger partial charge in [0.2, 0.25) is 0 Å². The van der Waals surface area contributed by atoms with E-state index in [4.69, 9.17) is 4.74 Å². The molecule has 3 aromatic rings. The number of nitrogens with zero attached hydrogens (tertiary/aromatic N) is 2. The monoisotopic (exact) mass is 703 g/mol. The van der Waals surface area contributed by atoms with E-state index in [1.54, 1.807) is 30.3 Å². The number of barbiturate groups is 1. The summed E-state index contributed by atoms with van der Waals surface area (Å²) < 4.78 is 6.59. The predicted octanol–water partition coefficient (Wildman–Crippen LogP) is 6.91. The molecule has 0 atom stereocenters. The maximum atomic E-state index is 13.5. The summed E-state index contributed by atoms with van der Waals surface area (Å²) in [6, 6.07) is 18.4. The van der Waals surface area contributed by atoms with Crippen LogP contribution in [0.1, 0.15) is 55.2 Å². The summed E-state index contributed by atoms with van der Waals surface area (Å²) in [5.41, 5.74) is 3.01. The van der Waals surface area contributed by atoms with Crippen molar-refractivity contribution < 1.29 is 24.0 Å². The molecule has 1 saturated heterocycles. The van der Waals surface area contributed by atoms with Crippen molar-refractivity contribution in [1.29, 1.82) is 0 Å². The summed E-state index contributed by atoms with van der Waals surface area (Å²) in [4.78, 5) is 50.8. The van der Waals surface area contributed by atoms with Crippen molar-refractivity contribution in [2.45, 2.75) is 50.5 Å². The summed E-state index contributed by atoms with van der Waals surface area (Å²) in [6.45, 7) is 0.137. The number of nitrogens with one attached hydrogen (secondary N) is 1. The third-order valence-corrected chi connectivity index (χ3v) is 10.5. The number of anilines is 1. The van der Waals surface area contributed by atoms with E-state index in [9.17, 15) is 24.5 Å². The quantitative estimate of drug-likeness (QED) is 0.0940. The van der Waals surface area contributed by atoms with E-state index in [0.29, 0.717) is 22.6 Å². The fourth-order valence-electron chi connectivity index (χ4n) is 8.13. The van der Waals surface area contributed by atoms with Crippen LogP contribution in [-0.4, -0.2) is 22.8 Å². The molecule has 4 bridgehead atoms. The molecule has 8 rings (SSSR count). The number of benzene rings is 3. The second-order valence-corrected chi connectivity index (χ2v) is 13.8. The van der Waals surface area contributed by atoms with Crippen LogP contribution >= 0.6 is 22.6 Å². The summed E-state index contributed by atoms with van der Waals surface area (Å²) in [5.74, 6) is 1.56. The van der Waals surface area contributed by atoms with Gasteiger partial charge in [-0.2, -0.15) is 0 Å². The molecule has 4 aliphatic carbocycles. The van der Waals surface area contributed by atoms with Crippen LogP contribution in [0.4, 0.5) is 16.2 Å². The molecule has 9 nitrogen and oxygen atoms in total. The van der Waals surface area contributed by atoms with Crippen molar-refractivity contribution in [2.24, 2.45) is 17.8 Å². The number of nitro benzene ring substituents is 1. The van der Waals surface area contributed by atoms with Gasteiger partial charge in [-0.25, -0.2) is 9.69 Å². The number of rotatable bonds is 7. The summed E-state index contributed by atoms with van der Waals surface area (Å²) in [7, 11) is 0. The van der Waals surface area contributed by atoms with Gasteiger partial charge in [-0.1, -0.05) is 30.3 Å². The Kier molecular flexibility index (Phi) is 7.26. The minimum absolute atomic E-state index is 0.00993. The molecule has 0 radical (unpaired) electrons. The number of ether oxygens (including phenoxy) is 1. The van der Waals surface area contributed by atoms with Crippen LogP contribution in [0.2, 0.25) is 0 Å². The van der Waals surface area contributed by atoms with Crippen LogP contribution in [-0.2, 0) is 21.6 Å². The van der Waals surface area contributed by atoms with Gasteiger partial charge in [0.1, 0.15) is 17.9 Å². The zero-order chi connectivity index (χ0) is 30.6. The van der Waals surface area contributed by atoms with Crippen molar-refractivity contribution in [2.75, 3.05) is 4.90 Å². The molecular weight excluding hydrogens is 673 g/mol. The molecule has 0 aromatic heterocycles. The van der Waals surface area contributed by atoms with Gasteiger partial charge in [-0.05, 0) is 131 Å². The maximum absolute atomic E-state index is 13.5. The highest BCUT2D eigenvalue weighted by molar-refractivity contribution is 14.1. The van der Waals surface area contributed by atoms with Crippen LogP contribution in [0.3, 0.4) is 0 Å². The number of halogens is 1. The van der Waals surface area contributed by atoms with Crippen LogP contribution in [0.15, 0.2) is 72.3 Å². The Balaban J connectivity index is 1.08. The number of imide groups is 2. The minimum Gasteiger partial charge on any atom is -0.488 e. The lowest BCUT2D eigenvalue weighted by atomic mass is 9.48. The molecule has 224 valence electrons. The molecule has 0 spiro atoms. The average molecular weight is 704 g/mol. The average Bonchev–Trinajstić information content (AvgIpc) is 2.98. The van der Waals surface area contributed by atoms with Crippen LogP contribution in [0.25, 0.3) is 6.08 Å². The number of urea groups is 1. The van der Waals surface area contributed by atoms with E-state index < -0.39 is 22.8 Å². The SMILES string of the molecule is O=C1NC(=O)N(c2ccc(C34CC5CC(CC(C5)C3)C4)cc2)C(=O)/C1=C/c1ccc(OCc2cccc([N+](=O)[O-])c2)c(I)c1. The molecule has 1 N–H and O–H groups in total. The minimum atomic E-state index is -0.765. The lowest BCUT2D eigenvalue weighted by molar-refractivity contribution is -0.384. The van der Waals surface area contributed by atoms with Crippen LogP contribution in [0, 0.1) is 31.4 Å². The fourth-order valence-corrected chi connectivity index (χ4v) is 8.83. The first-order chi connectivity index (χ1) is 21.2. The molecule has 5 aliphatic rings. The lowest BCUT2D eigenvalue weighted by Gasteiger charge is -2.57. The van der Waals surface area contributed by atoms with Crippen molar-refractivity contribution in [3.63, 3.8) is 0 Å². The predicted molar refractivity (Wildman–Crippen MR) is 172 cm³/mol. The first-order valence-electron chi connectivity index (χ1n) is 14.9. The normalized spacial score (nSPS) is 26.7. The number of non-ortho nitro benzene ring substituents is 1. The molecule has 0 unspecified atom stereocenters. The zero-order valence-electron chi connectivity index (χ0n) is 23.8. The van der Waals surface area contributed by atoms with Gasteiger partial charge in [-0.3, -0.25) is 25.0 Å². The third-order valence-electron chi connectivity index (χ3n) is 9.66. The number of carbonyl (C=O) groups excluding carboxylic acids is 3. The van der Waals surface area contributed by atoms with Crippen LogP contribution in [0.5, 0.6) is 5.75 Å². The summed E-state index contributed by atoms with van der Waals surface area (Å²) >= 11 is 2.09. The van der Waals surface area contributed by atoms with Gasteiger partial charge in [-0.15, -0.1) is 0 Å². The Morgan fingerprint density at radius 2 is 1.64 bits per heavy atom. The van der Waals surface area contributed by atoms with Gasteiger partial charge in [0.05, 0.1) is 14.2 Å². The van der Waals surface area contributed by atoms with E-state index in [1.807, 2.05) is 12.1 Å². The Morgan fingerprint density at radius 3 is 2.27 bits per heavy atom. The molecule has 44 heavy (non-hydrogen) atoms. The van der Waals surface area contributed by atoms with Gasteiger partial charge in [0.25, 0.3) is 17.5 Å². The van der Waals surface area contributed by atoms with Gasteiger partial charge in [0.15, 0.2) is 0 Å². The molecule has 5 fully saturated rings. The van der Waals surface area contributed by atoms with Crippen molar-refractivity contribution in [1.82, 2.24) is 5.32 Å². The number of carbonyl (C=O) groups is 3. The Morgan fingerprint density at radius 1 is 0.955 bits per heavy atom. The molecule has 3 aromatic carbocycles. The van der Waals surface area contributed by atoms with Crippen molar-refractivity contribution in [3.8, 4) is 5.75 Å². The standard InChI is InChI=1S/C34H30IN3O6/c35-29-15-20(4-9-30(29)44-19-21-2-1-3-27(13-21)38(42)43)14-28-31(39)36-33(41)37(32(28)40)26-7-5-25(6-8-26)34-16-22-10-23(17-34)12-24(11-22)18-34/h1-9,13-15,22-24H,10-12,16-19H2,(H,36,39,41)/b28-14+. The van der Waals surface area contributed by atoms with E-state index in [-0.39, 0.29) is 23.3 Å². The highest BCUT2D eigenvalue weighted by atomic mass is 127. The first-order valence-corrected chi connectivity index (χ1v) is 15.9. The van der Waals surface area contributed by atoms with Crippen molar-refractivity contribution >= 4 is 57.9 Å². The van der Waals surface area contributed by atoms with E-state index >= 15 is 0 Å². The Hall–Kier alpha value is -4.06. The Labute approximate surface area is 267 Å². The Bertz CT molecular complexity index is 1700. The first kappa shape index (κ1) is 28.7. The highest BCUT2D eigenvalue weighted by Crippen LogP contribution is 2.60. The highest BCUT2D eigenvalue weighted by Gasteiger charge is 2.51. The van der Waals surface area contributed by atoms with E-state index in [0.717, 1.165) is 26.2 Å². The summed E-state index contributed by atoms with van der Waals surface area (Å²) in [5, 5.41) is 13.4. The second-order valence-electron chi connectivity index (χ2n) is 12.6. The smallest absolute Gasteiger partial charge is 0.335 e. The number of amides is 4. The molecule has 10 heteroatoms. The second kappa shape index (κ2) is 11.1. The topological polar surface area (TPSA) is 119 Å². The van der Waals surface area contributed by atoms with Gasteiger partial charge < -0.3 is 4.74 Å². The van der Waals surface area contributed by atoms with Gasteiger partial charge in [0, 0.05) is 12.1 Å². The molecular formula is C34H30IN3O6. The number of hydrogen-bond acceptors (Lipinski definition) is 6. The lowest BCUT2D eigenvalue weighted by Crippen LogP contribution is -2.54. The fraction of sp³-hybridized carbons (Fsp3) is 0.324.